The second-order valence-corrected chi connectivity index (χ2v) is 7.07. The van der Waals surface area contributed by atoms with Gasteiger partial charge in [0.2, 0.25) is 0 Å². The molecule has 0 unspecified atom stereocenters. The van der Waals surface area contributed by atoms with Gasteiger partial charge in [-0.25, -0.2) is 4.68 Å². The van der Waals surface area contributed by atoms with Gasteiger partial charge in [-0.3, -0.25) is 9.59 Å². The maximum absolute atomic E-state index is 12.2. The summed E-state index contributed by atoms with van der Waals surface area (Å²) in [5.74, 6) is 0.255. The van der Waals surface area contributed by atoms with Gasteiger partial charge in [-0.05, 0) is 53.4 Å². The summed E-state index contributed by atoms with van der Waals surface area (Å²) in [4.78, 5) is 22.9. The molecule has 0 radical (unpaired) electrons. The third-order valence-electron chi connectivity index (χ3n) is 4.91. The van der Waals surface area contributed by atoms with Gasteiger partial charge >= 0.3 is 5.97 Å². The molecule has 0 aliphatic heterocycles. The van der Waals surface area contributed by atoms with E-state index in [9.17, 15) is 9.59 Å². The van der Waals surface area contributed by atoms with Gasteiger partial charge in [-0.1, -0.05) is 12.8 Å². The van der Waals surface area contributed by atoms with E-state index in [4.69, 9.17) is 5.11 Å². The lowest BCUT2D eigenvalue weighted by Gasteiger charge is -2.43. The lowest BCUT2D eigenvalue weighted by molar-refractivity contribution is -0.138. The van der Waals surface area contributed by atoms with Crippen LogP contribution in [0.1, 0.15) is 38.5 Å². The van der Waals surface area contributed by atoms with Crippen molar-refractivity contribution in [3.05, 3.63) is 21.0 Å². The Balaban J connectivity index is 1.82. The minimum atomic E-state index is -1.08. The first kappa shape index (κ1) is 15.5. The number of aliphatic carboxylic acids is 1. The molecule has 3 rings (SSSR count). The number of carboxylic acid groups (broad SMARTS) is 1. The van der Waals surface area contributed by atoms with E-state index in [0.717, 1.165) is 4.68 Å². The molecule has 1 aromatic rings. The quantitative estimate of drug-likeness (QED) is 0.851. The number of hydrogen-bond donors (Lipinski definition) is 2. The molecule has 22 heavy (non-hydrogen) atoms. The number of rotatable bonds is 4. The molecule has 6 nitrogen and oxygen atoms in total. The monoisotopic (exact) mass is 369 g/mol. The number of carbonyl (C=O) groups is 1. The highest BCUT2D eigenvalue weighted by Gasteiger charge is 2.36. The number of halogens is 1. The predicted octanol–water partition coefficient (Wildman–Crippen LogP) is 2.47. The fourth-order valence-corrected chi connectivity index (χ4v) is 4.32. The van der Waals surface area contributed by atoms with E-state index in [-0.39, 0.29) is 0 Å². The van der Waals surface area contributed by atoms with Gasteiger partial charge in [0.05, 0.1) is 11.9 Å². The summed E-state index contributed by atoms with van der Waals surface area (Å²) in [5, 5.41) is 16.3. The van der Waals surface area contributed by atoms with Crippen LogP contribution in [0.4, 0.5) is 5.69 Å². The van der Waals surface area contributed by atoms with Crippen LogP contribution in [0.3, 0.4) is 0 Å². The first-order valence-electron chi connectivity index (χ1n) is 7.80. The van der Waals surface area contributed by atoms with E-state index in [1.165, 1.54) is 38.5 Å². The minimum absolute atomic E-state index is 0.368. The average Bonchev–Trinajstić information content (AvgIpc) is 2.46. The van der Waals surface area contributed by atoms with E-state index < -0.39 is 18.1 Å². The fraction of sp³-hybridized carbons (Fsp3) is 0.667. The van der Waals surface area contributed by atoms with Gasteiger partial charge in [-0.15, -0.1) is 0 Å². The number of aromatic nitrogens is 2. The zero-order valence-corrected chi connectivity index (χ0v) is 13.9. The fourth-order valence-electron chi connectivity index (χ4n) is 3.90. The molecule has 120 valence electrons. The summed E-state index contributed by atoms with van der Waals surface area (Å²) in [7, 11) is 0. The molecule has 1 heterocycles. The van der Waals surface area contributed by atoms with Crippen molar-refractivity contribution >= 4 is 27.6 Å². The Morgan fingerprint density at radius 2 is 1.91 bits per heavy atom. The lowest BCUT2D eigenvalue weighted by atomic mass is 9.68. The molecule has 0 amide bonds. The van der Waals surface area contributed by atoms with E-state index >= 15 is 0 Å². The second kappa shape index (κ2) is 6.40. The average molecular weight is 370 g/mol. The van der Waals surface area contributed by atoms with Crippen molar-refractivity contribution in [1.82, 2.24) is 9.78 Å². The van der Waals surface area contributed by atoms with E-state index in [2.05, 4.69) is 26.3 Å². The number of hydrogen-bond acceptors (Lipinski definition) is 4. The van der Waals surface area contributed by atoms with Gasteiger partial charge in [0.25, 0.3) is 5.56 Å². The molecular weight excluding hydrogens is 350 g/mol. The SMILES string of the molecule is O=C(O)Cn1ncc(NC2C3CCCC2CCC3)c(Br)c1=O. The number of anilines is 1. The molecule has 2 saturated carbocycles. The zero-order valence-electron chi connectivity index (χ0n) is 12.3. The van der Waals surface area contributed by atoms with Crippen LogP contribution in [-0.4, -0.2) is 26.9 Å². The minimum Gasteiger partial charge on any atom is -0.480 e. The summed E-state index contributed by atoms with van der Waals surface area (Å²) in [6.07, 6.45) is 9.13. The van der Waals surface area contributed by atoms with E-state index in [0.29, 0.717) is 28.0 Å². The maximum Gasteiger partial charge on any atom is 0.325 e. The standard InChI is InChI=1S/C15H20BrN3O3/c16-13-11(7-17-19(15(13)22)8-12(20)21)18-14-9-3-1-4-10(14)6-2-5-9/h7,9-10,14,18H,1-6,8H2,(H,20,21). The maximum atomic E-state index is 12.2. The Bertz CT molecular complexity index is 609. The Kier molecular flexibility index (Phi) is 4.52. The molecule has 2 aliphatic rings. The summed E-state index contributed by atoms with van der Waals surface area (Å²) in [6.45, 7) is -0.424. The van der Waals surface area contributed by atoms with Crippen molar-refractivity contribution in [2.75, 3.05) is 5.32 Å². The van der Waals surface area contributed by atoms with Crippen LogP contribution in [-0.2, 0) is 11.3 Å². The molecule has 0 atom stereocenters. The lowest BCUT2D eigenvalue weighted by Crippen LogP contribution is -2.43. The number of nitrogens with one attached hydrogen (secondary N) is 1. The molecule has 2 bridgehead atoms. The molecule has 2 fully saturated rings. The van der Waals surface area contributed by atoms with Gasteiger partial charge in [0.1, 0.15) is 11.0 Å². The Labute approximate surface area is 137 Å². The van der Waals surface area contributed by atoms with Crippen molar-refractivity contribution < 1.29 is 9.90 Å². The van der Waals surface area contributed by atoms with Crippen molar-refractivity contribution in [1.29, 1.82) is 0 Å². The molecule has 2 aliphatic carbocycles. The molecule has 0 saturated heterocycles. The highest BCUT2D eigenvalue weighted by Crippen LogP contribution is 2.41. The van der Waals surface area contributed by atoms with Gasteiger partial charge in [0, 0.05) is 6.04 Å². The number of nitrogens with zero attached hydrogens (tertiary/aromatic N) is 2. The van der Waals surface area contributed by atoms with E-state index in [1.807, 2.05) is 0 Å². The highest BCUT2D eigenvalue weighted by molar-refractivity contribution is 9.10. The molecule has 0 spiro atoms. The van der Waals surface area contributed by atoms with Crippen LogP contribution in [0.25, 0.3) is 0 Å². The molecule has 2 N–H and O–H groups in total. The molecular formula is C15H20BrN3O3. The Morgan fingerprint density at radius 3 is 2.45 bits per heavy atom. The van der Waals surface area contributed by atoms with Gasteiger partial charge in [-0.2, -0.15) is 5.10 Å². The topological polar surface area (TPSA) is 84.2 Å². The summed E-state index contributed by atoms with van der Waals surface area (Å²) in [5.41, 5.74) is 0.267. The van der Waals surface area contributed by atoms with Gasteiger partial charge in [0.15, 0.2) is 0 Å². The number of carboxylic acids is 1. The Morgan fingerprint density at radius 1 is 1.32 bits per heavy atom. The smallest absolute Gasteiger partial charge is 0.325 e. The van der Waals surface area contributed by atoms with Crippen LogP contribution in [0, 0.1) is 11.8 Å². The molecule has 0 aromatic carbocycles. The van der Waals surface area contributed by atoms with Crippen LogP contribution < -0.4 is 10.9 Å². The second-order valence-electron chi connectivity index (χ2n) is 6.28. The van der Waals surface area contributed by atoms with Crippen molar-refractivity contribution in [2.24, 2.45) is 11.8 Å². The van der Waals surface area contributed by atoms with E-state index in [1.54, 1.807) is 6.20 Å². The van der Waals surface area contributed by atoms with Crippen LogP contribution >= 0.6 is 15.9 Å². The highest BCUT2D eigenvalue weighted by atomic mass is 79.9. The van der Waals surface area contributed by atoms with Crippen LogP contribution in [0.15, 0.2) is 15.5 Å². The third kappa shape index (κ3) is 3.04. The van der Waals surface area contributed by atoms with Crippen LogP contribution in [0.5, 0.6) is 0 Å². The summed E-state index contributed by atoms with van der Waals surface area (Å²) in [6, 6.07) is 0.398. The largest absolute Gasteiger partial charge is 0.480 e. The predicted molar refractivity (Wildman–Crippen MR) is 85.9 cm³/mol. The van der Waals surface area contributed by atoms with Crippen LogP contribution in [0.2, 0.25) is 0 Å². The molecule has 1 aromatic heterocycles. The molecule has 7 heteroatoms. The third-order valence-corrected chi connectivity index (χ3v) is 5.67. The van der Waals surface area contributed by atoms with Crippen molar-refractivity contribution in [3.63, 3.8) is 0 Å². The first-order valence-corrected chi connectivity index (χ1v) is 8.59. The summed E-state index contributed by atoms with van der Waals surface area (Å²) < 4.78 is 1.33. The number of fused-ring (bicyclic) bond motifs is 2. The normalized spacial score (nSPS) is 27.4. The van der Waals surface area contributed by atoms with Crippen molar-refractivity contribution in [2.45, 2.75) is 51.1 Å². The first-order chi connectivity index (χ1) is 10.6. The van der Waals surface area contributed by atoms with Crippen molar-refractivity contribution in [3.8, 4) is 0 Å². The zero-order chi connectivity index (χ0) is 15.7. The Hall–Kier alpha value is -1.37. The summed E-state index contributed by atoms with van der Waals surface area (Å²) >= 11 is 3.30. The van der Waals surface area contributed by atoms with Gasteiger partial charge < -0.3 is 10.4 Å².